The highest BCUT2D eigenvalue weighted by Crippen LogP contribution is 2.42. The Morgan fingerprint density at radius 3 is 2.83 bits per heavy atom. The topological polar surface area (TPSA) is 85.4 Å². The van der Waals surface area contributed by atoms with Crippen molar-refractivity contribution in [3.05, 3.63) is 57.6 Å². The SMILES string of the molecule is O=C(Cc1scnc1NCc1ccnc(Cl)c1)Nc1ccc2c(c1)OC(F)(F)O2. The van der Waals surface area contributed by atoms with Gasteiger partial charge in [0.2, 0.25) is 5.91 Å². The second kappa shape index (κ2) is 7.80. The molecule has 0 radical (unpaired) electrons. The molecule has 0 spiro atoms. The maximum absolute atomic E-state index is 13.1. The lowest BCUT2D eigenvalue weighted by Crippen LogP contribution is -2.25. The van der Waals surface area contributed by atoms with Crippen LogP contribution in [0.25, 0.3) is 0 Å². The summed E-state index contributed by atoms with van der Waals surface area (Å²) in [6, 6.07) is 7.61. The summed E-state index contributed by atoms with van der Waals surface area (Å²) in [6.45, 7) is 0.469. The Morgan fingerprint density at radius 2 is 2.00 bits per heavy atom. The Kier molecular flexibility index (Phi) is 5.20. The van der Waals surface area contributed by atoms with E-state index in [0.29, 0.717) is 23.2 Å². The molecule has 0 saturated carbocycles. The van der Waals surface area contributed by atoms with E-state index in [1.54, 1.807) is 17.8 Å². The number of thiazole rings is 1. The summed E-state index contributed by atoms with van der Waals surface area (Å²) in [5.74, 6) is 0.0420. The highest BCUT2D eigenvalue weighted by Gasteiger charge is 2.43. The third-order valence-electron chi connectivity index (χ3n) is 3.90. The van der Waals surface area contributed by atoms with Gasteiger partial charge in [0.1, 0.15) is 11.0 Å². The third kappa shape index (κ3) is 4.72. The quantitative estimate of drug-likeness (QED) is 0.558. The molecule has 1 aliphatic heterocycles. The summed E-state index contributed by atoms with van der Waals surface area (Å²) in [5, 5.41) is 6.21. The monoisotopic (exact) mass is 438 g/mol. The number of benzene rings is 1. The minimum absolute atomic E-state index is 0.0642. The van der Waals surface area contributed by atoms with Crippen LogP contribution in [-0.2, 0) is 17.8 Å². The van der Waals surface area contributed by atoms with Crippen LogP contribution in [0, 0.1) is 0 Å². The lowest BCUT2D eigenvalue weighted by molar-refractivity contribution is -0.286. The number of ether oxygens (including phenoxy) is 2. The van der Waals surface area contributed by atoms with Crippen LogP contribution >= 0.6 is 22.9 Å². The molecule has 3 heterocycles. The van der Waals surface area contributed by atoms with Crippen molar-refractivity contribution in [3.63, 3.8) is 0 Å². The van der Waals surface area contributed by atoms with Gasteiger partial charge in [-0.3, -0.25) is 4.79 Å². The highest BCUT2D eigenvalue weighted by atomic mass is 35.5. The molecule has 0 atom stereocenters. The van der Waals surface area contributed by atoms with Gasteiger partial charge in [-0.25, -0.2) is 9.97 Å². The Labute approximate surface area is 172 Å². The number of hydrogen-bond acceptors (Lipinski definition) is 7. The summed E-state index contributed by atoms with van der Waals surface area (Å²) >= 11 is 7.20. The zero-order valence-electron chi connectivity index (χ0n) is 14.6. The summed E-state index contributed by atoms with van der Waals surface area (Å²) in [5.41, 5.74) is 2.87. The summed E-state index contributed by atoms with van der Waals surface area (Å²) in [7, 11) is 0. The molecular formula is C18H13ClF2N4O3S. The van der Waals surface area contributed by atoms with Crippen LogP contribution in [0.2, 0.25) is 5.15 Å². The van der Waals surface area contributed by atoms with E-state index in [1.165, 1.54) is 29.5 Å². The number of nitrogens with zero attached hydrogens (tertiary/aromatic N) is 2. The lowest BCUT2D eigenvalue weighted by Gasteiger charge is -2.08. The van der Waals surface area contributed by atoms with Crippen molar-refractivity contribution in [2.45, 2.75) is 19.3 Å². The van der Waals surface area contributed by atoms with Gasteiger partial charge in [-0.15, -0.1) is 20.1 Å². The molecule has 2 aromatic heterocycles. The van der Waals surface area contributed by atoms with Gasteiger partial charge in [0.15, 0.2) is 11.5 Å². The van der Waals surface area contributed by atoms with Gasteiger partial charge >= 0.3 is 6.29 Å². The van der Waals surface area contributed by atoms with Gasteiger partial charge in [0, 0.05) is 24.5 Å². The van der Waals surface area contributed by atoms with Crippen LogP contribution in [0.4, 0.5) is 20.3 Å². The molecule has 0 fully saturated rings. The van der Waals surface area contributed by atoms with Crippen LogP contribution < -0.4 is 20.1 Å². The average molecular weight is 439 g/mol. The Hall–Kier alpha value is -2.98. The molecule has 4 rings (SSSR count). The van der Waals surface area contributed by atoms with Crippen LogP contribution in [0.5, 0.6) is 11.5 Å². The molecule has 3 aromatic rings. The van der Waals surface area contributed by atoms with Crippen molar-refractivity contribution in [2.75, 3.05) is 10.6 Å². The van der Waals surface area contributed by atoms with Crippen molar-refractivity contribution in [1.82, 2.24) is 9.97 Å². The van der Waals surface area contributed by atoms with E-state index >= 15 is 0 Å². The summed E-state index contributed by atoms with van der Waals surface area (Å²) < 4.78 is 34.9. The Balaban J connectivity index is 1.37. The van der Waals surface area contributed by atoms with Crippen molar-refractivity contribution >= 4 is 40.4 Å². The third-order valence-corrected chi connectivity index (χ3v) is 4.94. The van der Waals surface area contributed by atoms with Crippen LogP contribution in [-0.4, -0.2) is 22.2 Å². The largest absolute Gasteiger partial charge is 0.586 e. The number of nitrogens with one attached hydrogen (secondary N) is 2. The van der Waals surface area contributed by atoms with Crippen LogP contribution in [0.3, 0.4) is 0 Å². The molecule has 1 amide bonds. The first-order valence-electron chi connectivity index (χ1n) is 8.34. The standard InChI is InChI=1S/C18H13ClF2N4O3S/c19-15-5-10(3-4-22-15)8-23-17-14(29-9-24-17)7-16(26)25-11-1-2-12-13(6-11)28-18(20,21)27-12/h1-6,9,23H,7-8H2,(H,25,26). The maximum Gasteiger partial charge on any atom is 0.586 e. The molecule has 1 aromatic carbocycles. The zero-order chi connectivity index (χ0) is 20.4. The van der Waals surface area contributed by atoms with Gasteiger partial charge in [-0.05, 0) is 29.8 Å². The van der Waals surface area contributed by atoms with Crippen LogP contribution in [0.1, 0.15) is 10.4 Å². The predicted molar refractivity (Wildman–Crippen MR) is 104 cm³/mol. The second-order valence-electron chi connectivity index (χ2n) is 6.02. The first-order valence-corrected chi connectivity index (χ1v) is 9.60. The van der Waals surface area contributed by atoms with E-state index in [0.717, 1.165) is 10.4 Å². The number of carbonyl (C=O) groups is 1. The number of halogens is 3. The lowest BCUT2D eigenvalue weighted by atomic mass is 10.2. The van der Waals surface area contributed by atoms with E-state index in [9.17, 15) is 13.6 Å². The van der Waals surface area contributed by atoms with E-state index < -0.39 is 6.29 Å². The molecule has 150 valence electrons. The highest BCUT2D eigenvalue weighted by molar-refractivity contribution is 7.10. The van der Waals surface area contributed by atoms with Crippen molar-refractivity contribution in [2.24, 2.45) is 0 Å². The minimum atomic E-state index is -3.70. The molecule has 0 saturated heterocycles. The molecule has 2 N–H and O–H groups in total. The molecule has 0 aliphatic carbocycles. The average Bonchev–Trinajstić information content (AvgIpc) is 3.21. The second-order valence-corrected chi connectivity index (χ2v) is 7.35. The molecule has 0 bridgehead atoms. The number of fused-ring (bicyclic) bond motifs is 1. The molecule has 0 unspecified atom stereocenters. The number of aromatic nitrogens is 2. The van der Waals surface area contributed by atoms with Gasteiger partial charge < -0.3 is 20.1 Å². The van der Waals surface area contributed by atoms with Crippen molar-refractivity contribution < 1.29 is 23.0 Å². The molecule has 11 heteroatoms. The number of hydrogen-bond donors (Lipinski definition) is 2. The fourth-order valence-corrected chi connectivity index (χ4v) is 3.59. The van der Waals surface area contributed by atoms with Gasteiger partial charge in [-0.1, -0.05) is 11.6 Å². The van der Waals surface area contributed by atoms with Gasteiger partial charge in [0.05, 0.1) is 16.8 Å². The van der Waals surface area contributed by atoms with E-state index in [4.69, 9.17) is 11.6 Å². The number of pyridine rings is 1. The van der Waals surface area contributed by atoms with E-state index in [2.05, 4.69) is 30.1 Å². The number of carbonyl (C=O) groups excluding carboxylic acids is 1. The molecule has 1 aliphatic rings. The smallest absolute Gasteiger partial charge is 0.395 e. The number of rotatable bonds is 6. The number of amides is 1. The van der Waals surface area contributed by atoms with Crippen LogP contribution in [0.15, 0.2) is 42.0 Å². The molecule has 29 heavy (non-hydrogen) atoms. The first kappa shape index (κ1) is 19.3. The fraction of sp³-hybridized carbons (Fsp3) is 0.167. The van der Waals surface area contributed by atoms with Gasteiger partial charge in [-0.2, -0.15) is 0 Å². The fourth-order valence-electron chi connectivity index (χ4n) is 2.66. The first-order chi connectivity index (χ1) is 13.9. The normalized spacial score (nSPS) is 13.9. The zero-order valence-corrected chi connectivity index (χ0v) is 16.2. The predicted octanol–water partition coefficient (Wildman–Crippen LogP) is 4.31. The van der Waals surface area contributed by atoms with Gasteiger partial charge in [0.25, 0.3) is 0 Å². The van der Waals surface area contributed by atoms with E-state index in [1.807, 2.05) is 6.07 Å². The summed E-state index contributed by atoms with van der Waals surface area (Å²) in [6.07, 6.45) is -2.03. The minimum Gasteiger partial charge on any atom is -0.395 e. The van der Waals surface area contributed by atoms with E-state index in [-0.39, 0.29) is 23.8 Å². The van der Waals surface area contributed by atoms with Crippen molar-refractivity contribution in [3.8, 4) is 11.5 Å². The maximum atomic E-state index is 13.1. The number of alkyl halides is 2. The van der Waals surface area contributed by atoms with Crippen molar-refractivity contribution in [1.29, 1.82) is 0 Å². The summed E-state index contributed by atoms with van der Waals surface area (Å²) in [4.78, 5) is 21.3. The molecular weight excluding hydrogens is 426 g/mol. The Morgan fingerprint density at radius 1 is 1.17 bits per heavy atom. The molecule has 7 nitrogen and oxygen atoms in total. The number of anilines is 2. The Bertz CT molecular complexity index is 1060.